The molecule has 0 unspecified atom stereocenters. The second-order valence-corrected chi connectivity index (χ2v) is 3.56. The minimum absolute atomic E-state index is 0.317. The highest BCUT2D eigenvalue weighted by Gasteiger charge is 2.29. The number of nitrogens with one attached hydrogen (secondary N) is 1. The van der Waals surface area contributed by atoms with Crippen molar-refractivity contribution in [1.29, 1.82) is 0 Å². The van der Waals surface area contributed by atoms with Crippen LogP contribution in [0.2, 0.25) is 0 Å². The van der Waals surface area contributed by atoms with Crippen molar-refractivity contribution in [3.05, 3.63) is 17.0 Å². The lowest BCUT2D eigenvalue weighted by atomic mass is 10.2. The van der Waals surface area contributed by atoms with Crippen LogP contribution in [0.5, 0.6) is 0 Å². The predicted molar refractivity (Wildman–Crippen MR) is 52.3 cm³/mol. The molecule has 0 atom stereocenters. The molecule has 2 rings (SSSR count). The van der Waals surface area contributed by atoms with Gasteiger partial charge in [-0.3, -0.25) is 14.4 Å². The van der Waals surface area contributed by atoms with Gasteiger partial charge in [-0.2, -0.15) is 5.10 Å². The monoisotopic (exact) mass is 208 g/mol. The molecule has 0 fully saturated rings. The lowest BCUT2D eigenvalue weighted by molar-refractivity contribution is 0.0826. The van der Waals surface area contributed by atoms with E-state index in [1.54, 1.807) is 7.05 Å². The molecule has 0 aliphatic carbocycles. The van der Waals surface area contributed by atoms with Gasteiger partial charge in [0, 0.05) is 26.2 Å². The Labute approximate surface area is 86.9 Å². The third kappa shape index (κ3) is 1.29. The largest absolute Gasteiger partial charge is 0.333 e. The lowest BCUT2D eigenvalue weighted by Gasteiger charge is -2.11. The van der Waals surface area contributed by atoms with Gasteiger partial charge in [-0.05, 0) is 6.92 Å². The maximum absolute atomic E-state index is 11.9. The summed E-state index contributed by atoms with van der Waals surface area (Å²) in [4.78, 5) is 24.3. The maximum atomic E-state index is 11.9. The molecular formula is C9H12N4O2. The lowest BCUT2D eigenvalue weighted by Crippen LogP contribution is -2.38. The van der Waals surface area contributed by atoms with E-state index < -0.39 is 0 Å². The summed E-state index contributed by atoms with van der Waals surface area (Å²) in [6.07, 6.45) is 0. The summed E-state index contributed by atoms with van der Waals surface area (Å²) in [5.74, 6) is -0.317. The molecule has 0 saturated carbocycles. The maximum Gasteiger partial charge on any atom is 0.324 e. The zero-order valence-electron chi connectivity index (χ0n) is 8.87. The number of hydrogen-bond acceptors (Lipinski definition) is 3. The molecular weight excluding hydrogens is 196 g/mol. The van der Waals surface area contributed by atoms with Gasteiger partial charge >= 0.3 is 6.03 Å². The molecule has 1 aromatic rings. The first kappa shape index (κ1) is 9.70. The summed E-state index contributed by atoms with van der Waals surface area (Å²) in [6.45, 7) is 2.17. The Balaban J connectivity index is 2.59. The van der Waals surface area contributed by atoms with Crippen LogP contribution in [0, 0.1) is 6.92 Å². The molecule has 0 radical (unpaired) electrons. The molecule has 1 aromatic heterocycles. The van der Waals surface area contributed by atoms with Gasteiger partial charge in [0.1, 0.15) is 5.69 Å². The van der Waals surface area contributed by atoms with Gasteiger partial charge in [-0.25, -0.2) is 4.79 Å². The van der Waals surface area contributed by atoms with Crippen molar-refractivity contribution in [3.63, 3.8) is 0 Å². The SMILES string of the molecule is Cc1nn(C)c2c1CNC(=O)N(C)C2=O. The summed E-state index contributed by atoms with van der Waals surface area (Å²) < 4.78 is 1.52. The number of nitrogens with zero attached hydrogens (tertiary/aromatic N) is 3. The number of hydrogen-bond donors (Lipinski definition) is 1. The molecule has 0 bridgehead atoms. The number of imide groups is 1. The quantitative estimate of drug-likeness (QED) is 0.653. The van der Waals surface area contributed by atoms with E-state index in [4.69, 9.17) is 0 Å². The molecule has 1 aliphatic rings. The Bertz CT molecular complexity index is 449. The van der Waals surface area contributed by atoms with E-state index in [2.05, 4.69) is 10.4 Å². The van der Waals surface area contributed by atoms with Gasteiger partial charge in [-0.1, -0.05) is 0 Å². The molecule has 0 spiro atoms. The van der Waals surface area contributed by atoms with Gasteiger partial charge < -0.3 is 5.32 Å². The molecule has 2 heterocycles. The third-order valence-corrected chi connectivity index (χ3v) is 2.57. The van der Waals surface area contributed by atoms with Gasteiger partial charge in [0.25, 0.3) is 5.91 Å². The van der Waals surface area contributed by atoms with Crippen LogP contribution in [0.1, 0.15) is 21.7 Å². The van der Waals surface area contributed by atoms with Gasteiger partial charge in [0.2, 0.25) is 0 Å². The molecule has 0 aromatic carbocycles. The Hall–Kier alpha value is -1.85. The van der Waals surface area contributed by atoms with Gasteiger partial charge in [-0.15, -0.1) is 0 Å². The number of aryl methyl sites for hydroxylation is 2. The average molecular weight is 208 g/mol. The fraction of sp³-hybridized carbons (Fsp3) is 0.444. The van der Waals surface area contributed by atoms with Crippen molar-refractivity contribution >= 4 is 11.9 Å². The molecule has 6 nitrogen and oxygen atoms in total. The first-order valence-corrected chi connectivity index (χ1v) is 4.60. The van der Waals surface area contributed by atoms with E-state index in [0.29, 0.717) is 12.2 Å². The standard InChI is InChI=1S/C9H12N4O2/c1-5-6-4-10-9(15)12(2)8(14)7(6)13(3)11-5/h4H2,1-3H3,(H,10,15). The number of fused-ring (bicyclic) bond motifs is 1. The van der Waals surface area contributed by atoms with Crippen LogP contribution in [-0.4, -0.2) is 33.7 Å². The fourth-order valence-corrected chi connectivity index (χ4v) is 1.71. The molecule has 80 valence electrons. The molecule has 6 heteroatoms. The van der Waals surface area contributed by atoms with Crippen LogP contribution in [-0.2, 0) is 13.6 Å². The number of rotatable bonds is 0. The van der Waals surface area contributed by atoms with E-state index in [9.17, 15) is 9.59 Å². The van der Waals surface area contributed by atoms with Crippen LogP contribution < -0.4 is 5.32 Å². The summed E-state index contributed by atoms with van der Waals surface area (Å²) in [7, 11) is 3.16. The highest BCUT2D eigenvalue weighted by molar-refractivity contribution is 6.05. The van der Waals surface area contributed by atoms with Crippen molar-refractivity contribution in [2.24, 2.45) is 7.05 Å². The zero-order chi connectivity index (χ0) is 11.2. The van der Waals surface area contributed by atoms with E-state index in [1.165, 1.54) is 11.7 Å². The Morgan fingerprint density at radius 3 is 2.67 bits per heavy atom. The summed E-state index contributed by atoms with van der Waals surface area (Å²) >= 11 is 0. The van der Waals surface area contributed by atoms with Crippen LogP contribution >= 0.6 is 0 Å². The minimum atomic E-state index is -0.379. The van der Waals surface area contributed by atoms with E-state index >= 15 is 0 Å². The van der Waals surface area contributed by atoms with Crippen molar-refractivity contribution in [2.75, 3.05) is 7.05 Å². The summed E-state index contributed by atoms with van der Waals surface area (Å²) in [5, 5.41) is 6.81. The smallest absolute Gasteiger partial charge is 0.324 e. The topological polar surface area (TPSA) is 67.2 Å². The molecule has 0 saturated heterocycles. The summed E-state index contributed by atoms with van der Waals surface area (Å²) in [6, 6.07) is -0.379. The van der Waals surface area contributed by atoms with Crippen LogP contribution in [0.4, 0.5) is 4.79 Å². The highest BCUT2D eigenvalue weighted by Crippen LogP contribution is 2.17. The van der Waals surface area contributed by atoms with Crippen molar-refractivity contribution in [1.82, 2.24) is 20.0 Å². The van der Waals surface area contributed by atoms with Gasteiger partial charge in [0.05, 0.1) is 5.69 Å². The summed E-state index contributed by atoms with van der Waals surface area (Å²) in [5.41, 5.74) is 2.05. The zero-order valence-corrected chi connectivity index (χ0v) is 8.87. The normalized spacial score (nSPS) is 16.1. The Morgan fingerprint density at radius 2 is 2.00 bits per heavy atom. The van der Waals surface area contributed by atoms with Gasteiger partial charge in [0.15, 0.2) is 0 Å². The van der Waals surface area contributed by atoms with Crippen LogP contribution in [0.15, 0.2) is 0 Å². The number of urea groups is 1. The number of amides is 3. The van der Waals surface area contributed by atoms with Crippen LogP contribution in [0.25, 0.3) is 0 Å². The molecule has 3 amide bonds. The average Bonchev–Trinajstić information content (AvgIpc) is 2.41. The Morgan fingerprint density at radius 1 is 1.33 bits per heavy atom. The first-order valence-electron chi connectivity index (χ1n) is 4.60. The highest BCUT2D eigenvalue weighted by atomic mass is 16.2. The second-order valence-electron chi connectivity index (χ2n) is 3.56. The van der Waals surface area contributed by atoms with E-state index in [1.807, 2.05) is 6.92 Å². The van der Waals surface area contributed by atoms with Crippen molar-refractivity contribution < 1.29 is 9.59 Å². The fourth-order valence-electron chi connectivity index (χ4n) is 1.71. The predicted octanol–water partition coefficient (Wildman–Crippen LogP) is 0.0237. The Kier molecular flexibility index (Phi) is 1.99. The second kappa shape index (κ2) is 3.08. The molecule has 1 aliphatic heterocycles. The molecule has 15 heavy (non-hydrogen) atoms. The first-order chi connectivity index (χ1) is 7.02. The van der Waals surface area contributed by atoms with Crippen molar-refractivity contribution in [3.8, 4) is 0 Å². The minimum Gasteiger partial charge on any atom is -0.333 e. The van der Waals surface area contributed by atoms with E-state index in [-0.39, 0.29) is 11.9 Å². The van der Waals surface area contributed by atoms with Crippen LogP contribution in [0.3, 0.4) is 0 Å². The number of carbonyl (C=O) groups is 2. The third-order valence-electron chi connectivity index (χ3n) is 2.57. The van der Waals surface area contributed by atoms with E-state index in [0.717, 1.165) is 16.2 Å². The molecule has 1 N–H and O–H groups in total. The number of carbonyl (C=O) groups excluding carboxylic acids is 2. The van der Waals surface area contributed by atoms with Crippen molar-refractivity contribution in [2.45, 2.75) is 13.5 Å². The number of aromatic nitrogens is 2.